The van der Waals surface area contributed by atoms with E-state index in [9.17, 15) is 4.79 Å². The lowest BCUT2D eigenvalue weighted by atomic mass is 9.92. The van der Waals surface area contributed by atoms with Crippen molar-refractivity contribution in [1.29, 1.82) is 0 Å². The highest BCUT2D eigenvalue weighted by atomic mass is 16.2. The third-order valence-electron chi connectivity index (χ3n) is 4.10. The molecule has 0 radical (unpaired) electrons. The Morgan fingerprint density at radius 1 is 1.09 bits per heavy atom. The van der Waals surface area contributed by atoms with E-state index in [1.807, 2.05) is 43.3 Å². The third kappa shape index (κ3) is 2.51. The molecule has 2 aromatic carbocycles. The highest BCUT2D eigenvalue weighted by Gasteiger charge is 2.30. The Balaban J connectivity index is 2.10. The lowest BCUT2D eigenvalue weighted by Crippen LogP contribution is -2.45. The van der Waals surface area contributed by atoms with Crippen LogP contribution in [-0.4, -0.2) is 19.0 Å². The quantitative estimate of drug-likeness (QED) is 0.853. The number of anilines is 1. The number of hydrogen-bond donors (Lipinski definition) is 2. The Morgan fingerprint density at radius 2 is 1.77 bits per heavy atom. The summed E-state index contributed by atoms with van der Waals surface area (Å²) >= 11 is 0. The molecule has 1 unspecified atom stereocenters. The SMILES string of the molecule is CC1C(=O)N(NCCCN)c2ccccc2-c2ccccc21. The molecule has 1 amide bonds. The fourth-order valence-electron chi connectivity index (χ4n) is 2.92. The monoisotopic (exact) mass is 295 g/mol. The van der Waals surface area contributed by atoms with E-state index < -0.39 is 0 Å². The van der Waals surface area contributed by atoms with Crippen LogP contribution in [0.2, 0.25) is 0 Å². The molecule has 1 atom stereocenters. The lowest BCUT2D eigenvalue weighted by Gasteiger charge is -2.25. The van der Waals surface area contributed by atoms with Gasteiger partial charge in [0.1, 0.15) is 0 Å². The molecule has 0 saturated carbocycles. The van der Waals surface area contributed by atoms with Gasteiger partial charge in [0.05, 0.1) is 11.6 Å². The lowest BCUT2D eigenvalue weighted by molar-refractivity contribution is -0.120. The molecule has 1 heterocycles. The molecule has 3 N–H and O–H groups in total. The number of benzene rings is 2. The largest absolute Gasteiger partial charge is 0.330 e. The van der Waals surface area contributed by atoms with Crippen molar-refractivity contribution in [1.82, 2.24) is 5.43 Å². The predicted molar refractivity (Wildman–Crippen MR) is 89.5 cm³/mol. The van der Waals surface area contributed by atoms with Gasteiger partial charge in [-0.2, -0.15) is 0 Å². The Morgan fingerprint density at radius 3 is 2.55 bits per heavy atom. The highest BCUT2D eigenvalue weighted by molar-refractivity contribution is 6.04. The summed E-state index contributed by atoms with van der Waals surface area (Å²) in [5.74, 6) is -0.122. The standard InChI is InChI=1S/C18H21N3O/c1-13-14-7-2-3-8-15(14)16-9-4-5-10-17(16)21(18(13)22)20-12-6-11-19/h2-5,7-10,13,20H,6,11-12,19H2,1H3. The molecule has 1 aliphatic heterocycles. The zero-order valence-electron chi connectivity index (χ0n) is 12.8. The van der Waals surface area contributed by atoms with Crippen LogP contribution < -0.4 is 16.2 Å². The average molecular weight is 295 g/mol. The number of fused-ring (bicyclic) bond motifs is 3. The van der Waals surface area contributed by atoms with Crippen LogP contribution in [0.3, 0.4) is 0 Å². The van der Waals surface area contributed by atoms with Crippen LogP contribution in [0.5, 0.6) is 0 Å². The summed E-state index contributed by atoms with van der Waals surface area (Å²) in [7, 11) is 0. The van der Waals surface area contributed by atoms with Crippen LogP contribution in [0, 0.1) is 0 Å². The molecule has 0 aromatic heterocycles. The van der Waals surface area contributed by atoms with Crippen LogP contribution in [-0.2, 0) is 4.79 Å². The first-order chi connectivity index (χ1) is 10.7. The molecule has 1 aliphatic rings. The Hall–Kier alpha value is -2.17. The minimum atomic E-state index is -0.186. The zero-order chi connectivity index (χ0) is 15.5. The topological polar surface area (TPSA) is 58.4 Å². The van der Waals surface area contributed by atoms with E-state index in [0.717, 1.165) is 28.8 Å². The van der Waals surface area contributed by atoms with Gasteiger partial charge in [-0.1, -0.05) is 42.5 Å². The van der Waals surface area contributed by atoms with Crippen molar-refractivity contribution < 1.29 is 4.79 Å². The molecule has 2 aromatic rings. The minimum Gasteiger partial charge on any atom is -0.330 e. The summed E-state index contributed by atoms with van der Waals surface area (Å²) in [6, 6.07) is 16.2. The highest BCUT2D eigenvalue weighted by Crippen LogP contribution is 2.39. The van der Waals surface area contributed by atoms with Gasteiger partial charge in [0.2, 0.25) is 5.91 Å². The molecule has 0 saturated heterocycles. The van der Waals surface area contributed by atoms with Gasteiger partial charge in [0.25, 0.3) is 0 Å². The van der Waals surface area contributed by atoms with Crippen molar-refractivity contribution in [3.05, 3.63) is 54.1 Å². The Bertz CT molecular complexity index is 684. The number of hydrazine groups is 1. The van der Waals surface area contributed by atoms with Gasteiger partial charge >= 0.3 is 0 Å². The second kappa shape index (κ2) is 6.30. The molecule has 0 bridgehead atoms. The third-order valence-corrected chi connectivity index (χ3v) is 4.10. The number of rotatable bonds is 4. The van der Waals surface area contributed by atoms with Crippen molar-refractivity contribution in [2.24, 2.45) is 5.73 Å². The van der Waals surface area contributed by atoms with Gasteiger partial charge in [-0.05, 0) is 37.1 Å². The van der Waals surface area contributed by atoms with E-state index in [-0.39, 0.29) is 11.8 Å². The molecular formula is C18H21N3O. The number of hydrogen-bond acceptors (Lipinski definition) is 3. The van der Waals surface area contributed by atoms with Gasteiger partial charge < -0.3 is 5.73 Å². The van der Waals surface area contributed by atoms with Gasteiger partial charge in [-0.15, -0.1) is 0 Å². The molecule has 3 rings (SSSR count). The van der Waals surface area contributed by atoms with E-state index in [2.05, 4.69) is 17.6 Å². The number of carbonyl (C=O) groups is 1. The van der Waals surface area contributed by atoms with Crippen LogP contribution >= 0.6 is 0 Å². The van der Waals surface area contributed by atoms with Gasteiger partial charge in [-0.3, -0.25) is 4.79 Å². The van der Waals surface area contributed by atoms with E-state index in [1.54, 1.807) is 5.01 Å². The van der Waals surface area contributed by atoms with E-state index >= 15 is 0 Å². The summed E-state index contributed by atoms with van der Waals surface area (Å²) in [5.41, 5.74) is 13.0. The molecule has 114 valence electrons. The van der Waals surface area contributed by atoms with Crippen molar-refractivity contribution in [3.63, 3.8) is 0 Å². The maximum absolute atomic E-state index is 12.9. The normalized spacial score (nSPS) is 16.9. The van der Waals surface area contributed by atoms with Crippen LogP contribution in [0.15, 0.2) is 48.5 Å². The predicted octanol–water partition coefficient (Wildman–Crippen LogP) is 2.66. The van der Waals surface area contributed by atoms with Crippen molar-refractivity contribution in [2.75, 3.05) is 18.1 Å². The van der Waals surface area contributed by atoms with Crippen molar-refractivity contribution >= 4 is 11.6 Å². The number of nitrogens with one attached hydrogen (secondary N) is 1. The van der Waals surface area contributed by atoms with Gasteiger partial charge in [0, 0.05) is 12.1 Å². The fraction of sp³-hybridized carbons (Fsp3) is 0.278. The summed E-state index contributed by atoms with van der Waals surface area (Å²) in [6.07, 6.45) is 0.827. The van der Waals surface area contributed by atoms with Crippen molar-refractivity contribution in [2.45, 2.75) is 19.3 Å². The molecule has 0 fully saturated rings. The summed E-state index contributed by atoms with van der Waals surface area (Å²) in [6.45, 7) is 3.25. The fourth-order valence-corrected chi connectivity index (χ4v) is 2.92. The molecule has 4 heteroatoms. The molecule has 0 aliphatic carbocycles. The number of nitrogens with two attached hydrogens (primary N) is 1. The van der Waals surface area contributed by atoms with Crippen LogP contribution in [0.4, 0.5) is 5.69 Å². The number of amides is 1. The summed E-state index contributed by atoms with van der Waals surface area (Å²) in [5, 5.41) is 1.69. The number of carbonyl (C=O) groups excluding carboxylic acids is 1. The van der Waals surface area contributed by atoms with Crippen LogP contribution in [0.1, 0.15) is 24.8 Å². The van der Waals surface area contributed by atoms with E-state index in [4.69, 9.17) is 5.73 Å². The second-order valence-corrected chi connectivity index (χ2v) is 5.55. The first kappa shape index (κ1) is 14.8. The summed E-state index contributed by atoms with van der Waals surface area (Å²) < 4.78 is 0. The Kier molecular flexibility index (Phi) is 4.22. The average Bonchev–Trinajstić information content (AvgIpc) is 2.65. The maximum Gasteiger partial charge on any atom is 0.248 e. The van der Waals surface area contributed by atoms with E-state index in [0.29, 0.717) is 13.1 Å². The minimum absolute atomic E-state index is 0.0643. The molecular weight excluding hydrogens is 274 g/mol. The first-order valence-electron chi connectivity index (χ1n) is 7.70. The van der Waals surface area contributed by atoms with E-state index in [1.165, 1.54) is 0 Å². The maximum atomic E-state index is 12.9. The molecule has 4 nitrogen and oxygen atoms in total. The first-order valence-corrected chi connectivity index (χ1v) is 7.70. The zero-order valence-corrected chi connectivity index (χ0v) is 12.8. The number of para-hydroxylation sites is 1. The van der Waals surface area contributed by atoms with Gasteiger partial charge in [0.15, 0.2) is 0 Å². The van der Waals surface area contributed by atoms with Crippen LogP contribution in [0.25, 0.3) is 11.1 Å². The second-order valence-electron chi connectivity index (χ2n) is 5.55. The van der Waals surface area contributed by atoms with Gasteiger partial charge in [-0.25, -0.2) is 10.4 Å². The summed E-state index contributed by atoms with van der Waals surface area (Å²) in [4.78, 5) is 12.9. The molecule has 22 heavy (non-hydrogen) atoms. The Labute approximate surface area is 130 Å². The van der Waals surface area contributed by atoms with Crippen molar-refractivity contribution in [3.8, 4) is 11.1 Å². The smallest absolute Gasteiger partial charge is 0.248 e. The number of nitrogens with zero attached hydrogens (tertiary/aromatic N) is 1. The molecule has 0 spiro atoms.